The minimum absolute atomic E-state index is 0.120. The zero-order valence-electron chi connectivity index (χ0n) is 18.2. The summed E-state index contributed by atoms with van der Waals surface area (Å²) in [5, 5.41) is 7.68. The van der Waals surface area contributed by atoms with Gasteiger partial charge in [0, 0.05) is 5.38 Å². The van der Waals surface area contributed by atoms with Crippen LogP contribution in [0.5, 0.6) is 0 Å². The van der Waals surface area contributed by atoms with Crippen molar-refractivity contribution in [1.29, 1.82) is 0 Å². The number of alkyl carbamates (subject to hydrolysis) is 1. The highest BCUT2D eigenvalue weighted by Gasteiger charge is 2.25. The first-order chi connectivity index (χ1) is 14.8. The van der Waals surface area contributed by atoms with Crippen LogP contribution in [0.15, 0.2) is 35.7 Å². The first kappa shape index (κ1) is 24.3. The molecule has 2 aromatic rings. The van der Waals surface area contributed by atoms with E-state index >= 15 is 0 Å². The van der Waals surface area contributed by atoms with Gasteiger partial charge in [0.15, 0.2) is 5.69 Å². The Balaban J connectivity index is 1.95. The van der Waals surface area contributed by atoms with Gasteiger partial charge in [-0.2, -0.15) is 0 Å². The Kier molecular flexibility index (Phi) is 9.45. The molecule has 168 valence electrons. The van der Waals surface area contributed by atoms with Gasteiger partial charge in [-0.05, 0) is 31.7 Å². The molecule has 31 heavy (non-hydrogen) atoms. The Bertz CT molecular complexity index is 869. The number of nitrogens with zero attached hydrogens (tertiary/aromatic N) is 1. The first-order valence-electron chi connectivity index (χ1n) is 10.2. The van der Waals surface area contributed by atoms with E-state index < -0.39 is 24.1 Å². The minimum Gasteiger partial charge on any atom is -0.461 e. The number of amides is 2. The van der Waals surface area contributed by atoms with Crippen molar-refractivity contribution >= 4 is 29.3 Å². The molecule has 0 fully saturated rings. The van der Waals surface area contributed by atoms with Crippen LogP contribution in [-0.2, 0) is 20.9 Å². The molecule has 2 atom stereocenters. The largest absolute Gasteiger partial charge is 0.461 e. The molecule has 0 radical (unpaired) electrons. The van der Waals surface area contributed by atoms with Crippen LogP contribution in [0.2, 0.25) is 0 Å². The van der Waals surface area contributed by atoms with Crippen molar-refractivity contribution in [3.63, 3.8) is 0 Å². The van der Waals surface area contributed by atoms with Gasteiger partial charge >= 0.3 is 12.1 Å². The second kappa shape index (κ2) is 12.0. The molecule has 0 aliphatic heterocycles. The lowest BCUT2D eigenvalue weighted by Crippen LogP contribution is -2.48. The molecule has 0 saturated carbocycles. The lowest BCUT2D eigenvalue weighted by Gasteiger charge is -2.22. The predicted octanol–water partition coefficient (Wildman–Crippen LogP) is 3.84. The van der Waals surface area contributed by atoms with E-state index in [1.165, 1.54) is 11.3 Å². The van der Waals surface area contributed by atoms with Crippen LogP contribution in [-0.4, -0.2) is 35.6 Å². The summed E-state index contributed by atoms with van der Waals surface area (Å²) < 4.78 is 10.2. The number of ether oxygens (including phenoxy) is 2. The highest BCUT2D eigenvalue weighted by molar-refractivity contribution is 7.09. The standard InChI is InChI=1S/C22H29N3O5S/c1-5-29-21(27)18-13-31-20(24-18)15(4)23-19(26)17(11-14(2)3)25-22(28)30-12-16-9-7-6-8-10-16/h6-10,13-15,17H,5,11-12H2,1-4H3,(H,23,26)(H,25,28). The molecule has 0 bridgehead atoms. The van der Waals surface area contributed by atoms with Gasteiger partial charge in [-0.1, -0.05) is 44.2 Å². The molecule has 8 nitrogen and oxygen atoms in total. The molecule has 0 saturated heterocycles. The van der Waals surface area contributed by atoms with Gasteiger partial charge in [0.1, 0.15) is 17.7 Å². The predicted molar refractivity (Wildman–Crippen MR) is 118 cm³/mol. The number of nitrogens with one attached hydrogen (secondary N) is 2. The van der Waals surface area contributed by atoms with Crippen LogP contribution in [0.25, 0.3) is 0 Å². The van der Waals surface area contributed by atoms with E-state index in [0.717, 1.165) is 5.56 Å². The lowest BCUT2D eigenvalue weighted by atomic mass is 10.0. The number of aromatic nitrogens is 1. The molecular formula is C22H29N3O5S. The molecule has 2 amide bonds. The van der Waals surface area contributed by atoms with Gasteiger partial charge in [-0.3, -0.25) is 4.79 Å². The van der Waals surface area contributed by atoms with Crippen molar-refractivity contribution in [1.82, 2.24) is 15.6 Å². The zero-order chi connectivity index (χ0) is 22.8. The number of benzene rings is 1. The number of thiazole rings is 1. The molecule has 1 aromatic carbocycles. The summed E-state index contributed by atoms with van der Waals surface area (Å²) in [6.45, 7) is 7.81. The maximum Gasteiger partial charge on any atom is 0.408 e. The molecule has 2 rings (SSSR count). The maximum atomic E-state index is 12.8. The van der Waals surface area contributed by atoms with E-state index in [4.69, 9.17) is 9.47 Å². The van der Waals surface area contributed by atoms with E-state index in [2.05, 4.69) is 15.6 Å². The molecule has 0 aliphatic rings. The quantitative estimate of drug-likeness (QED) is 0.536. The summed E-state index contributed by atoms with van der Waals surface area (Å²) >= 11 is 1.26. The van der Waals surface area contributed by atoms with Gasteiger partial charge in [-0.15, -0.1) is 11.3 Å². The Morgan fingerprint density at radius 3 is 2.42 bits per heavy atom. The van der Waals surface area contributed by atoms with Gasteiger partial charge in [-0.25, -0.2) is 14.6 Å². The maximum absolute atomic E-state index is 12.8. The Hall–Kier alpha value is -2.94. The SMILES string of the molecule is CCOC(=O)c1csc(C(C)NC(=O)C(CC(C)C)NC(=O)OCc2ccccc2)n1. The summed E-state index contributed by atoms with van der Waals surface area (Å²) in [5.41, 5.74) is 1.07. The van der Waals surface area contributed by atoms with Gasteiger partial charge in [0.25, 0.3) is 0 Å². The lowest BCUT2D eigenvalue weighted by molar-refractivity contribution is -0.124. The van der Waals surface area contributed by atoms with Crippen molar-refractivity contribution in [3.8, 4) is 0 Å². The van der Waals surface area contributed by atoms with Crippen LogP contribution >= 0.6 is 11.3 Å². The summed E-state index contributed by atoms with van der Waals surface area (Å²) in [7, 11) is 0. The van der Waals surface area contributed by atoms with Gasteiger partial charge in [0.2, 0.25) is 5.91 Å². The second-order valence-electron chi connectivity index (χ2n) is 7.41. The molecule has 2 N–H and O–H groups in total. The van der Waals surface area contributed by atoms with E-state index in [9.17, 15) is 14.4 Å². The van der Waals surface area contributed by atoms with Crippen LogP contribution in [0.3, 0.4) is 0 Å². The molecule has 1 heterocycles. The van der Waals surface area contributed by atoms with Crippen molar-refractivity contribution < 1.29 is 23.9 Å². The summed E-state index contributed by atoms with van der Waals surface area (Å²) in [5.74, 6) is -0.662. The number of rotatable bonds is 10. The van der Waals surface area contributed by atoms with E-state index in [1.807, 2.05) is 44.2 Å². The monoisotopic (exact) mass is 447 g/mol. The van der Waals surface area contributed by atoms with Crippen LogP contribution in [0, 0.1) is 5.92 Å². The number of hydrogen-bond acceptors (Lipinski definition) is 7. The molecule has 9 heteroatoms. The minimum atomic E-state index is -0.754. The van der Waals surface area contributed by atoms with Crippen molar-refractivity contribution in [2.75, 3.05) is 6.61 Å². The second-order valence-corrected chi connectivity index (χ2v) is 8.30. The highest BCUT2D eigenvalue weighted by Crippen LogP contribution is 2.19. The third-order valence-corrected chi connectivity index (χ3v) is 5.29. The van der Waals surface area contributed by atoms with Crippen molar-refractivity contribution in [3.05, 3.63) is 52.0 Å². The van der Waals surface area contributed by atoms with E-state index in [0.29, 0.717) is 11.4 Å². The first-order valence-corrected chi connectivity index (χ1v) is 11.1. The number of esters is 1. The van der Waals surface area contributed by atoms with E-state index in [1.54, 1.807) is 19.2 Å². The normalized spacial score (nSPS) is 12.7. The smallest absolute Gasteiger partial charge is 0.408 e. The highest BCUT2D eigenvalue weighted by atomic mass is 32.1. The summed E-state index contributed by atoms with van der Waals surface area (Å²) in [6.07, 6.45) is -0.207. The number of hydrogen-bond donors (Lipinski definition) is 2. The van der Waals surface area contributed by atoms with Crippen LogP contribution in [0.1, 0.15) is 61.2 Å². The third-order valence-electron chi connectivity index (χ3n) is 4.26. The van der Waals surface area contributed by atoms with Gasteiger partial charge < -0.3 is 20.1 Å². The fraction of sp³-hybridized carbons (Fsp3) is 0.455. The Morgan fingerprint density at radius 2 is 1.77 bits per heavy atom. The average Bonchev–Trinajstić information content (AvgIpc) is 3.23. The Labute approximate surface area is 186 Å². The number of carbonyl (C=O) groups excluding carboxylic acids is 3. The number of carbonyl (C=O) groups is 3. The summed E-state index contributed by atoms with van der Waals surface area (Å²) in [4.78, 5) is 41.1. The molecular weight excluding hydrogens is 418 g/mol. The van der Waals surface area contributed by atoms with Crippen LogP contribution in [0.4, 0.5) is 4.79 Å². The van der Waals surface area contributed by atoms with Crippen molar-refractivity contribution in [2.45, 2.75) is 52.8 Å². The third kappa shape index (κ3) is 8.01. The topological polar surface area (TPSA) is 107 Å². The fourth-order valence-corrected chi connectivity index (χ4v) is 3.57. The molecule has 1 aromatic heterocycles. The molecule has 2 unspecified atom stereocenters. The van der Waals surface area contributed by atoms with E-state index in [-0.39, 0.29) is 30.7 Å². The van der Waals surface area contributed by atoms with Gasteiger partial charge in [0.05, 0.1) is 12.6 Å². The Morgan fingerprint density at radius 1 is 1.06 bits per heavy atom. The summed E-state index contributed by atoms with van der Waals surface area (Å²) in [6, 6.07) is 8.12. The van der Waals surface area contributed by atoms with Crippen molar-refractivity contribution in [2.24, 2.45) is 5.92 Å². The molecule has 0 spiro atoms. The molecule has 0 aliphatic carbocycles. The van der Waals surface area contributed by atoms with Crippen LogP contribution < -0.4 is 10.6 Å². The average molecular weight is 448 g/mol. The fourth-order valence-electron chi connectivity index (χ4n) is 2.77. The zero-order valence-corrected chi connectivity index (χ0v) is 19.0.